The van der Waals surface area contributed by atoms with E-state index in [0.29, 0.717) is 16.5 Å². The van der Waals surface area contributed by atoms with E-state index in [1.54, 1.807) is 0 Å². The normalized spacial score (nSPS) is 20.1. The number of halogens is 2. The summed E-state index contributed by atoms with van der Waals surface area (Å²) in [5.74, 6) is 0.916. The maximum absolute atomic E-state index is 13.4. The van der Waals surface area contributed by atoms with Crippen LogP contribution in [0.25, 0.3) is 11.1 Å². The van der Waals surface area contributed by atoms with Crippen LogP contribution in [0.15, 0.2) is 42.6 Å². The van der Waals surface area contributed by atoms with E-state index in [2.05, 4.69) is 10.2 Å². The third-order valence-corrected chi connectivity index (χ3v) is 7.57. The first-order chi connectivity index (χ1) is 16.4. The molecule has 3 aromatic rings. The fourth-order valence-electron chi connectivity index (χ4n) is 5.23. The van der Waals surface area contributed by atoms with E-state index in [-0.39, 0.29) is 24.0 Å². The lowest BCUT2D eigenvalue weighted by atomic mass is 9.91. The van der Waals surface area contributed by atoms with Crippen molar-refractivity contribution in [1.82, 2.24) is 15.1 Å². The van der Waals surface area contributed by atoms with Gasteiger partial charge in [0.1, 0.15) is 5.75 Å². The van der Waals surface area contributed by atoms with Crippen LogP contribution in [0.5, 0.6) is 5.75 Å². The molecule has 5 nitrogen and oxygen atoms in total. The zero-order valence-corrected chi connectivity index (χ0v) is 21.0. The van der Waals surface area contributed by atoms with E-state index in [0.717, 1.165) is 60.4 Å². The second-order valence-corrected chi connectivity index (χ2v) is 10.4. The molecule has 1 amide bonds. The van der Waals surface area contributed by atoms with Gasteiger partial charge in [0.05, 0.1) is 18.3 Å². The topological polar surface area (TPSA) is 58.2 Å². The summed E-state index contributed by atoms with van der Waals surface area (Å²) in [6.45, 7) is 4.77. The molecular weight excluding hydrogens is 469 g/mol. The van der Waals surface area contributed by atoms with Crippen molar-refractivity contribution in [2.45, 2.75) is 58.1 Å². The number of amides is 1. The molecule has 2 aliphatic rings. The molecule has 1 fully saturated rings. The van der Waals surface area contributed by atoms with Crippen molar-refractivity contribution < 1.29 is 9.53 Å². The number of aromatic amines is 1. The zero-order valence-electron chi connectivity index (χ0n) is 19.5. The van der Waals surface area contributed by atoms with Crippen LogP contribution in [0.4, 0.5) is 0 Å². The molecule has 5 rings (SSSR count). The Kier molecular flexibility index (Phi) is 6.59. The van der Waals surface area contributed by atoms with Crippen molar-refractivity contribution in [2.75, 3.05) is 6.54 Å². The lowest BCUT2D eigenvalue weighted by Crippen LogP contribution is -2.34. The van der Waals surface area contributed by atoms with E-state index in [1.165, 1.54) is 5.56 Å². The third kappa shape index (κ3) is 4.56. The summed E-state index contributed by atoms with van der Waals surface area (Å²) in [6.07, 6.45) is 6.44. The van der Waals surface area contributed by atoms with Gasteiger partial charge in [-0.25, -0.2) is 0 Å². The number of nitrogens with zero attached hydrogens (tertiary/aromatic N) is 2. The van der Waals surface area contributed by atoms with E-state index < -0.39 is 0 Å². The van der Waals surface area contributed by atoms with Crippen molar-refractivity contribution in [1.29, 1.82) is 0 Å². The number of carbonyl (C=O) groups is 1. The van der Waals surface area contributed by atoms with Crippen LogP contribution in [-0.4, -0.2) is 33.7 Å². The molecule has 1 aliphatic carbocycles. The summed E-state index contributed by atoms with van der Waals surface area (Å²) in [5.41, 5.74) is 5.15. The highest BCUT2D eigenvalue weighted by atomic mass is 35.5. The van der Waals surface area contributed by atoms with Gasteiger partial charge in [-0.3, -0.25) is 9.89 Å². The quantitative estimate of drug-likeness (QED) is 0.415. The predicted octanol–water partition coefficient (Wildman–Crippen LogP) is 6.64. The summed E-state index contributed by atoms with van der Waals surface area (Å²) in [6, 6.07) is 11.9. The Labute approximate surface area is 210 Å². The SMILES string of the molecule is CC(C)Oc1ccc(-c2cc(Cl)c(CC3CCN([C@@H]4CCCc5[nH]ncc54)C3=O)c(Cl)c2)cc1. The van der Waals surface area contributed by atoms with Gasteiger partial charge in [-0.1, -0.05) is 35.3 Å². The van der Waals surface area contributed by atoms with Crippen molar-refractivity contribution in [3.63, 3.8) is 0 Å². The molecule has 34 heavy (non-hydrogen) atoms. The van der Waals surface area contributed by atoms with Crippen LogP contribution in [0.1, 0.15) is 56.0 Å². The second kappa shape index (κ2) is 9.63. The Balaban J connectivity index is 1.31. The highest BCUT2D eigenvalue weighted by Crippen LogP contribution is 2.40. The first kappa shape index (κ1) is 23.3. The maximum atomic E-state index is 13.4. The zero-order chi connectivity index (χ0) is 23.8. The van der Waals surface area contributed by atoms with E-state index in [1.807, 2.05) is 61.3 Å². The molecule has 2 atom stereocenters. The van der Waals surface area contributed by atoms with Gasteiger partial charge < -0.3 is 9.64 Å². The Morgan fingerprint density at radius 3 is 2.56 bits per heavy atom. The average Bonchev–Trinajstić information content (AvgIpc) is 3.43. The number of hydrogen-bond acceptors (Lipinski definition) is 3. The van der Waals surface area contributed by atoms with Crippen LogP contribution < -0.4 is 4.74 Å². The minimum atomic E-state index is -0.106. The number of H-pyrrole nitrogens is 1. The van der Waals surface area contributed by atoms with Gasteiger partial charge >= 0.3 is 0 Å². The van der Waals surface area contributed by atoms with Crippen LogP contribution in [0.3, 0.4) is 0 Å². The lowest BCUT2D eigenvalue weighted by molar-refractivity contribution is -0.133. The first-order valence-corrected chi connectivity index (χ1v) is 12.7. The Morgan fingerprint density at radius 1 is 1.12 bits per heavy atom. The van der Waals surface area contributed by atoms with Gasteiger partial charge in [-0.2, -0.15) is 5.10 Å². The van der Waals surface area contributed by atoms with Gasteiger partial charge in [-0.15, -0.1) is 0 Å². The third-order valence-electron chi connectivity index (χ3n) is 6.89. The maximum Gasteiger partial charge on any atom is 0.226 e. The number of aryl methyl sites for hydroxylation is 1. The number of carbonyl (C=O) groups excluding carboxylic acids is 1. The van der Waals surface area contributed by atoms with Crippen LogP contribution in [-0.2, 0) is 17.6 Å². The number of benzene rings is 2. The molecule has 1 aromatic heterocycles. The molecule has 0 radical (unpaired) electrons. The highest BCUT2D eigenvalue weighted by molar-refractivity contribution is 6.36. The summed E-state index contributed by atoms with van der Waals surface area (Å²) in [5, 5.41) is 8.50. The fourth-order valence-corrected chi connectivity index (χ4v) is 5.87. The minimum Gasteiger partial charge on any atom is -0.491 e. The van der Waals surface area contributed by atoms with E-state index >= 15 is 0 Å². The molecular formula is C27H29Cl2N3O2. The number of likely N-dealkylation sites (tertiary alicyclic amines) is 1. The summed E-state index contributed by atoms with van der Waals surface area (Å²) < 4.78 is 5.73. The van der Waals surface area contributed by atoms with Crippen molar-refractivity contribution in [3.8, 4) is 16.9 Å². The second-order valence-electron chi connectivity index (χ2n) is 9.54. The van der Waals surface area contributed by atoms with E-state index in [4.69, 9.17) is 27.9 Å². The Hall–Kier alpha value is -2.50. The van der Waals surface area contributed by atoms with Gasteiger partial charge in [-0.05, 0) is 86.9 Å². The lowest BCUT2D eigenvalue weighted by Gasteiger charge is -2.31. The van der Waals surface area contributed by atoms with Crippen molar-refractivity contribution in [2.24, 2.45) is 5.92 Å². The number of hydrogen-bond donors (Lipinski definition) is 1. The molecule has 0 spiro atoms. The van der Waals surface area contributed by atoms with Crippen molar-refractivity contribution in [3.05, 3.63) is 69.5 Å². The summed E-state index contributed by atoms with van der Waals surface area (Å²) in [4.78, 5) is 15.4. The monoisotopic (exact) mass is 497 g/mol. The number of aromatic nitrogens is 2. The molecule has 1 aliphatic heterocycles. The van der Waals surface area contributed by atoms with Gasteiger partial charge in [0, 0.05) is 33.8 Å². The first-order valence-electron chi connectivity index (χ1n) is 12.0. The predicted molar refractivity (Wildman–Crippen MR) is 135 cm³/mol. The van der Waals surface area contributed by atoms with Crippen LogP contribution in [0.2, 0.25) is 10.0 Å². The van der Waals surface area contributed by atoms with Gasteiger partial charge in [0.15, 0.2) is 0 Å². The number of ether oxygens (including phenoxy) is 1. The standard InChI is InChI=1S/C27H29Cl2N3O2/c1-16(2)34-20-8-6-17(7-9-20)19-13-23(28)21(24(29)14-19)12-18-10-11-32(27(18)33)26-5-3-4-25-22(26)15-30-31-25/h6-9,13-16,18,26H,3-5,10-12H2,1-2H3,(H,30,31)/t18?,26-/m1/s1. The molecule has 0 saturated carbocycles. The minimum absolute atomic E-state index is 0.106. The molecule has 1 N–H and O–H groups in total. The molecule has 178 valence electrons. The smallest absolute Gasteiger partial charge is 0.226 e. The van der Waals surface area contributed by atoms with Gasteiger partial charge in [0.2, 0.25) is 5.91 Å². The molecule has 2 heterocycles. The highest BCUT2D eigenvalue weighted by Gasteiger charge is 2.39. The molecule has 1 saturated heterocycles. The number of fused-ring (bicyclic) bond motifs is 1. The molecule has 1 unspecified atom stereocenters. The van der Waals surface area contributed by atoms with Crippen LogP contribution >= 0.6 is 23.2 Å². The Morgan fingerprint density at radius 2 is 1.85 bits per heavy atom. The largest absolute Gasteiger partial charge is 0.491 e. The molecule has 0 bridgehead atoms. The van der Waals surface area contributed by atoms with E-state index in [9.17, 15) is 4.79 Å². The average molecular weight is 498 g/mol. The summed E-state index contributed by atoms with van der Waals surface area (Å²) >= 11 is 13.4. The summed E-state index contributed by atoms with van der Waals surface area (Å²) in [7, 11) is 0. The fraction of sp³-hybridized carbons (Fsp3) is 0.407. The number of rotatable bonds is 6. The Bertz CT molecular complexity index is 1170. The molecule has 7 heteroatoms. The van der Waals surface area contributed by atoms with Crippen LogP contribution in [0, 0.1) is 5.92 Å². The molecule has 2 aromatic carbocycles. The number of nitrogens with one attached hydrogen (secondary N) is 1. The van der Waals surface area contributed by atoms with Gasteiger partial charge in [0.25, 0.3) is 0 Å². The van der Waals surface area contributed by atoms with Crippen molar-refractivity contribution >= 4 is 29.1 Å².